The van der Waals surface area contributed by atoms with Crippen molar-refractivity contribution >= 4 is 17.7 Å². The Morgan fingerprint density at radius 1 is 1.23 bits per heavy atom. The fraction of sp³-hybridized carbons (Fsp3) is 0.375. The fourth-order valence-electron chi connectivity index (χ4n) is 2.94. The lowest BCUT2D eigenvalue weighted by Gasteiger charge is -2.28. The molecule has 0 bridgehead atoms. The summed E-state index contributed by atoms with van der Waals surface area (Å²) in [7, 11) is 3.53. The third-order valence-corrected chi connectivity index (χ3v) is 4.10. The van der Waals surface area contributed by atoms with E-state index in [1.54, 1.807) is 18.0 Å². The van der Waals surface area contributed by atoms with Gasteiger partial charge < -0.3 is 20.1 Å². The Morgan fingerprint density at radius 3 is 2.58 bits per heavy atom. The van der Waals surface area contributed by atoms with E-state index in [-0.39, 0.29) is 6.47 Å². The Morgan fingerprint density at radius 2 is 1.96 bits per heavy atom. The molecule has 0 unspecified atom stereocenters. The third-order valence-electron chi connectivity index (χ3n) is 4.10. The van der Waals surface area contributed by atoms with Crippen LogP contribution in [0.1, 0.15) is 0 Å². The number of nitrogens with zero attached hydrogens (tertiary/aromatic N) is 6. The van der Waals surface area contributed by atoms with E-state index in [0.29, 0.717) is 5.88 Å². The summed E-state index contributed by atoms with van der Waals surface area (Å²) in [6.45, 7) is 3.60. The second-order valence-electron chi connectivity index (χ2n) is 5.70. The van der Waals surface area contributed by atoms with Gasteiger partial charge in [0.25, 0.3) is 6.47 Å². The number of rotatable bonds is 3. The molecular formula is C16H21N7O3. The summed E-state index contributed by atoms with van der Waals surface area (Å²) >= 11 is 0. The lowest BCUT2D eigenvalue weighted by atomic mass is 10.2. The van der Waals surface area contributed by atoms with E-state index < -0.39 is 0 Å². The molecule has 10 nitrogen and oxygen atoms in total. The minimum atomic E-state index is -0.250. The normalized spacial score (nSPS) is 14.0. The van der Waals surface area contributed by atoms with Crippen molar-refractivity contribution in [1.29, 1.82) is 0 Å². The summed E-state index contributed by atoms with van der Waals surface area (Å²) in [5, 5.41) is 19.0. The average Bonchev–Trinajstić information content (AvgIpc) is 3.28. The van der Waals surface area contributed by atoms with E-state index >= 15 is 0 Å². The van der Waals surface area contributed by atoms with Crippen LogP contribution in [-0.2, 0) is 11.8 Å². The first-order chi connectivity index (χ1) is 12.7. The lowest BCUT2D eigenvalue weighted by molar-refractivity contribution is -0.122. The molecule has 4 heterocycles. The maximum absolute atomic E-state index is 8.36. The van der Waals surface area contributed by atoms with Gasteiger partial charge >= 0.3 is 0 Å². The highest BCUT2D eigenvalue weighted by Crippen LogP contribution is 2.31. The van der Waals surface area contributed by atoms with Crippen LogP contribution < -0.4 is 15.0 Å². The number of nitrogens with one attached hydrogen (secondary N) is 1. The van der Waals surface area contributed by atoms with Gasteiger partial charge in [-0.2, -0.15) is 10.2 Å². The van der Waals surface area contributed by atoms with Crippen LogP contribution in [0.25, 0.3) is 16.8 Å². The van der Waals surface area contributed by atoms with E-state index in [9.17, 15) is 0 Å². The van der Waals surface area contributed by atoms with Crippen LogP contribution in [0.4, 0.5) is 5.69 Å². The van der Waals surface area contributed by atoms with Gasteiger partial charge in [0.05, 0.1) is 37.1 Å². The van der Waals surface area contributed by atoms with Crippen LogP contribution in [0.2, 0.25) is 0 Å². The zero-order valence-electron chi connectivity index (χ0n) is 14.7. The van der Waals surface area contributed by atoms with Crippen molar-refractivity contribution in [2.45, 2.75) is 0 Å². The molecule has 3 aromatic heterocycles. The summed E-state index contributed by atoms with van der Waals surface area (Å²) in [5.41, 5.74) is 3.69. The van der Waals surface area contributed by atoms with Crippen LogP contribution in [0.15, 0.2) is 24.8 Å². The van der Waals surface area contributed by atoms with Crippen molar-refractivity contribution < 1.29 is 14.6 Å². The van der Waals surface area contributed by atoms with Gasteiger partial charge in [-0.05, 0) is 0 Å². The molecule has 0 spiro atoms. The van der Waals surface area contributed by atoms with Gasteiger partial charge in [-0.1, -0.05) is 0 Å². The number of fused-ring (bicyclic) bond motifs is 1. The van der Waals surface area contributed by atoms with Gasteiger partial charge in [0.15, 0.2) is 5.52 Å². The first-order valence-electron chi connectivity index (χ1n) is 8.12. The predicted octanol–water partition coefficient (Wildman–Crippen LogP) is 0.249. The number of carbonyl (C=O) groups is 1. The van der Waals surface area contributed by atoms with Gasteiger partial charge in [-0.3, -0.25) is 9.48 Å². The van der Waals surface area contributed by atoms with Crippen molar-refractivity contribution in [3.05, 3.63) is 24.8 Å². The standard InChI is InChI=1S/C15H19N7O.CH2O2/c1-20-9-11(7-17-20)12-10-22-14(15(19-12)23-2)13(8-18-22)21-5-3-16-4-6-21;2-1-3/h7-10,16H,3-6H2,1-2H3;1H,(H,2,3). The van der Waals surface area contributed by atoms with Gasteiger partial charge in [0, 0.05) is 45.0 Å². The highest BCUT2D eigenvalue weighted by Gasteiger charge is 2.20. The topological polar surface area (TPSA) is 110 Å². The Labute approximate surface area is 150 Å². The minimum absolute atomic E-state index is 0.250. The smallest absolute Gasteiger partial charge is 0.290 e. The van der Waals surface area contributed by atoms with E-state index in [0.717, 1.165) is 48.6 Å². The van der Waals surface area contributed by atoms with Gasteiger partial charge in [-0.15, -0.1) is 0 Å². The van der Waals surface area contributed by atoms with Crippen molar-refractivity contribution in [1.82, 2.24) is 29.7 Å². The number of aryl methyl sites for hydroxylation is 1. The summed E-state index contributed by atoms with van der Waals surface area (Å²) in [6, 6.07) is 0. The molecule has 1 aliphatic rings. The predicted molar refractivity (Wildman–Crippen MR) is 95.5 cm³/mol. The lowest BCUT2D eigenvalue weighted by Crippen LogP contribution is -2.43. The SMILES string of the molecule is COc1nc(-c2cnn(C)c2)cn2ncc(N3CCNCC3)c12.O=CO. The minimum Gasteiger partial charge on any atom is -0.483 e. The average molecular weight is 359 g/mol. The molecule has 0 amide bonds. The van der Waals surface area contributed by atoms with Crippen molar-refractivity contribution in [2.75, 3.05) is 38.2 Å². The van der Waals surface area contributed by atoms with Gasteiger partial charge in [0.1, 0.15) is 0 Å². The Bertz CT molecular complexity index is 883. The Kier molecular flexibility index (Phi) is 5.32. The molecule has 26 heavy (non-hydrogen) atoms. The van der Waals surface area contributed by atoms with Crippen molar-refractivity contribution in [2.24, 2.45) is 7.05 Å². The largest absolute Gasteiger partial charge is 0.483 e. The summed E-state index contributed by atoms with van der Waals surface area (Å²) in [4.78, 5) is 15.3. The Hall–Kier alpha value is -3.14. The molecule has 10 heteroatoms. The van der Waals surface area contributed by atoms with Crippen LogP contribution in [0.3, 0.4) is 0 Å². The number of anilines is 1. The molecule has 2 N–H and O–H groups in total. The number of aromatic nitrogens is 5. The second kappa shape index (κ2) is 7.83. The quantitative estimate of drug-likeness (QED) is 0.641. The zero-order valence-corrected chi connectivity index (χ0v) is 14.7. The number of piperazine rings is 1. The van der Waals surface area contributed by atoms with Crippen molar-refractivity contribution in [3.8, 4) is 17.1 Å². The second-order valence-corrected chi connectivity index (χ2v) is 5.70. The first kappa shape index (κ1) is 17.7. The number of methoxy groups -OCH3 is 1. The number of carboxylic acid groups (broad SMARTS) is 1. The summed E-state index contributed by atoms with van der Waals surface area (Å²) < 4.78 is 9.14. The van der Waals surface area contributed by atoms with Gasteiger partial charge in [-0.25, -0.2) is 9.50 Å². The molecule has 3 aromatic rings. The van der Waals surface area contributed by atoms with Crippen LogP contribution in [0.5, 0.6) is 5.88 Å². The first-order valence-corrected chi connectivity index (χ1v) is 8.12. The summed E-state index contributed by atoms with van der Waals surface area (Å²) in [6.07, 6.45) is 7.51. The van der Waals surface area contributed by atoms with Crippen LogP contribution in [-0.4, -0.2) is 69.2 Å². The number of hydrogen-bond donors (Lipinski definition) is 2. The zero-order chi connectivity index (χ0) is 18.5. The van der Waals surface area contributed by atoms with E-state index in [1.165, 1.54) is 0 Å². The highest BCUT2D eigenvalue weighted by atomic mass is 16.5. The van der Waals surface area contributed by atoms with E-state index in [2.05, 4.69) is 25.4 Å². The molecule has 0 saturated carbocycles. The molecule has 138 valence electrons. The maximum Gasteiger partial charge on any atom is 0.290 e. The van der Waals surface area contributed by atoms with Crippen LogP contribution in [0, 0.1) is 0 Å². The molecular weight excluding hydrogens is 338 g/mol. The van der Waals surface area contributed by atoms with E-state index in [1.807, 2.05) is 30.2 Å². The number of ether oxygens (including phenoxy) is 1. The molecule has 0 aliphatic carbocycles. The fourth-order valence-corrected chi connectivity index (χ4v) is 2.94. The number of hydrogen-bond acceptors (Lipinski definition) is 7. The molecule has 0 radical (unpaired) electrons. The molecule has 1 saturated heterocycles. The van der Waals surface area contributed by atoms with Crippen LogP contribution >= 0.6 is 0 Å². The maximum atomic E-state index is 8.36. The Balaban J connectivity index is 0.000000613. The monoisotopic (exact) mass is 359 g/mol. The molecule has 0 aromatic carbocycles. The third kappa shape index (κ3) is 3.45. The van der Waals surface area contributed by atoms with Gasteiger partial charge in [0.2, 0.25) is 5.88 Å². The summed E-state index contributed by atoms with van der Waals surface area (Å²) in [5.74, 6) is 0.581. The highest BCUT2D eigenvalue weighted by molar-refractivity contribution is 5.79. The molecule has 1 fully saturated rings. The molecule has 4 rings (SSSR count). The molecule has 1 aliphatic heterocycles. The van der Waals surface area contributed by atoms with E-state index in [4.69, 9.17) is 14.6 Å². The molecule has 0 atom stereocenters. The van der Waals surface area contributed by atoms with Crippen molar-refractivity contribution in [3.63, 3.8) is 0 Å².